The number of imidazole rings is 1. The van der Waals surface area contributed by atoms with E-state index < -0.39 is 12.2 Å². The Labute approximate surface area is 155 Å². The van der Waals surface area contributed by atoms with Gasteiger partial charge in [0.2, 0.25) is 0 Å². The number of nitrogens with one attached hydrogen (secondary N) is 1. The first-order valence-corrected chi connectivity index (χ1v) is 8.76. The van der Waals surface area contributed by atoms with Gasteiger partial charge in [-0.1, -0.05) is 18.2 Å². The summed E-state index contributed by atoms with van der Waals surface area (Å²) in [6.45, 7) is 2.44. The molecule has 2 aromatic rings. The summed E-state index contributed by atoms with van der Waals surface area (Å²) in [5.41, 5.74) is 1.84. The maximum absolute atomic E-state index is 12.8. The summed E-state index contributed by atoms with van der Waals surface area (Å²) in [4.78, 5) is 19.3. The number of benzene rings is 1. The Morgan fingerprint density at radius 1 is 1.22 bits per heavy atom. The van der Waals surface area contributed by atoms with E-state index >= 15 is 0 Å². The first kappa shape index (κ1) is 19.2. The average molecular weight is 381 g/mol. The normalized spacial score (nSPS) is 17.0. The minimum Gasteiger partial charge on any atom is -0.334 e. The molecule has 0 radical (unpaired) electrons. The van der Waals surface area contributed by atoms with Crippen molar-refractivity contribution in [1.29, 1.82) is 0 Å². The van der Waals surface area contributed by atoms with Crippen molar-refractivity contribution >= 4 is 6.03 Å². The Bertz CT molecular complexity index is 755. The predicted molar refractivity (Wildman–Crippen MR) is 94.5 cm³/mol. The van der Waals surface area contributed by atoms with Gasteiger partial charge in [-0.3, -0.25) is 4.90 Å². The van der Waals surface area contributed by atoms with Crippen molar-refractivity contribution in [2.45, 2.75) is 25.7 Å². The molecule has 3 rings (SSSR count). The monoisotopic (exact) mass is 381 g/mol. The second-order valence-corrected chi connectivity index (χ2v) is 6.50. The van der Waals surface area contributed by atoms with Crippen LogP contribution in [-0.4, -0.2) is 63.8 Å². The van der Waals surface area contributed by atoms with Gasteiger partial charge in [0.1, 0.15) is 6.04 Å². The smallest absolute Gasteiger partial charge is 0.334 e. The summed E-state index contributed by atoms with van der Waals surface area (Å²) in [6.07, 6.45) is 0.932. The summed E-state index contributed by atoms with van der Waals surface area (Å²) in [6, 6.07) is 5.87. The van der Waals surface area contributed by atoms with E-state index in [0.717, 1.165) is 18.2 Å². The fraction of sp³-hybridized carbons (Fsp3) is 0.444. The third-order valence-corrected chi connectivity index (χ3v) is 4.83. The molecule has 0 bridgehead atoms. The molecule has 1 fully saturated rings. The fourth-order valence-corrected chi connectivity index (χ4v) is 3.12. The third kappa shape index (κ3) is 4.60. The molecule has 1 aliphatic heterocycles. The number of piperazine rings is 1. The average Bonchev–Trinajstić information content (AvgIpc) is 3.19. The van der Waals surface area contributed by atoms with Crippen molar-refractivity contribution in [1.82, 2.24) is 24.7 Å². The lowest BCUT2D eigenvalue weighted by atomic mass is 10.1. The van der Waals surface area contributed by atoms with E-state index in [9.17, 15) is 18.0 Å². The van der Waals surface area contributed by atoms with Crippen LogP contribution in [0.4, 0.5) is 18.0 Å². The number of carbonyl (C=O) groups excluding carboxylic acids is 1. The van der Waals surface area contributed by atoms with Crippen LogP contribution in [0.25, 0.3) is 5.69 Å². The van der Waals surface area contributed by atoms with Crippen LogP contribution >= 0.6 is 0 Å². The molecule has 1 aromatic carbocycles. The van der Waals surface area contributed by atoms with Crippen molar-refractivity contribution < 1.29 is 18.0 Å². The number of carbonyl (C=O) groups is 1. The van der Waals surface area contributed by atoms with Crippen LogP contribution in [0.5, 0.6) is 0 Å². The molecule has 0 saturated carbocycles. The van der Waals surface area contributed by atoms with Gasteiger partial charge < -0.3 is 14.8 Å². The van der Waals surface area contributed by atoms with Crippen LogP contribution in [0.15, 0.2) is 43.0 Å². The minimum atomic E-state index is -4.25. The second-order valence-electron chi connectivity index (χ2n) is 6.50. The lowest BCUT2D eigenvalue weighted by Gasteiger charge is -2.38. The molecule has 1 saturated heterocycles. The van der Waals surface area contributed by atoms with Gasteiger partial charge in [0.15, 0.2) is 0 Å². The standard InChI is InChI=1S/C18H22F3N5O/c1-14(18(19,20)21)24-8-10-25(11-9-24)17(27)23-12-15-4-2-3-5-16(15)26-7-6-22-13-26/h2-7,13-14H,8-12H2,1H3,(H,23,27). The van der Waals surface area contributed by atoms with E-state index in [4.69, 9.17) is 0 Å². The molecule has 1 aliphatic rings. The number of rotatable bonds is 4. The number of urea groups is 1. The maximum atomic E-state index is 12.8. The number of hydrogen-bond donors (Lipinski definition) is 1. The van der Waals surface area contributed by atoms with Crippen LogP contribution in [0.2, 0.25) is 0 Å². The summed E-state index contributed by atoms with van der Waals surface area (Å²) >= 11 is 0. The van der Waals surface area contributed by atoms with E-state index in [1.165, 1.54) is 4.90 Å². The van der Waals surface area contributed by atoms with Crippen LogP contribution in [0.3, 0.4) is 0 Å². The quantitative estimate of drug-likeness (QED) is 0.886. The van der Waals surface area contributed by atoms with Crippen molar-refractivity contribution in [2.24, 2.45) is 0 Å². The second kappa shape index (κ2) is 7.99. The zero-order chi connectivity index (χ0) is 19.4. The molecule has 0 aliphatic carbocycles. The van der Waals surface area contributed by atoms with Crippen LogP contribution < -0.4 is 5.32 Å². The lowest BCUT2D eigenvalue weighted by Crippen LogP contribution is -2.56. The molecule has 27 heavy (non-hydrogen) atoms. The summed E-state index contributed by atoms with van der Waals surface area (Å²) in [5, 5.41) is 2.86. The Morgan fingerprint density at radius 2 is 1.93 bits per heavy atom. The van der Waals surface area contributed by atoms with E-state index in [-0.39, 0.29) is 32.2 Å². The first-order chi connectivity index (χ1) is 12.9. The van der Waals surface area contributed by atoms with E-state index in [0.29, 0.717) is 6.54 Å². The van der Waals surface area contributed by atoms with Gasteiger partial charge in [0.25, 0.3) is 0 Å². The predicted octanol–water partition coefficient (Wildman–Crippen LogP) is 2.65. The highest BCUT2D eigenvalue weighted by Crippen LogP contribution is 2.25. The first-order valence-electron chi connectivity index (χ1n) is 8.76. The zero-order valence-electron chi connectivity index (χ0n) is 15.0. The highest BCUT2D eigenvalue weighted by Gasteiger charge is 2.41. The lowest BCUT2D eigenvalue weighted by molar-refractivity contribution is -0.181. The van der Waals surface area contributed by atoms with Crippen molar-refractivity contribution in [3.63, 3.8) is 0 Å². The zero-order valence-corrected chi connectivity index (χ0v) is 15.0. The molecular weight excluding hydrogens is 359 g/mol. The highest BCUT2D eigenvalue weighted by atomic mass is 19.4. The Balaban J connectivity index is 1.54. The summed E-state index contributed by atoms with van der Waals surface area (Å²) in [5.74, 6) is 0. The SMILES string of the molecule is CC(N1CCN(C(=O)NCc2ccccc2-n2ccnc2)CC1)C(F)(F)F. The molecule has 146 valence electrons. The van der Waals surface area contributed by atoms with Crippen molar-refractivity contribution in [2.75, 3.05) is 26.2 Å². The van der Waals surface area contributed by atoms with Crippen LogP contribution in [0.1, 0.15) is 12.5 Å². The molecule has 1 N–H and O–H groups in total. The number of para-hydroxylation sites is 1. The van der Waals surface area contributed by atoms with Gasteiger partial charge in [-0.2, -0.15) is 13.2 Å². The molecule has 1 aromatic heterocycles. The van der Waals surface area contributed by atoms with Crippen molar-refractivity contribution in [3.8, 4) is 5.69 Å². The van der Waals surface area contributed by atoms with Gasteiger partial charge >= 0.3 is 12.2 Å². The molecule has 6 nitrogen and oxygen atoms in total. The Morgan fingerprint density at radius 3 is 2.56 bits per heavy atom. The minimum absolute atomic E-state index is 0.208. The third-order valence-electron chi connectivity index (χ3n) is 4.83. The number of aromatic nitrogens is 2. The van der Waals surface area contributed by atoms with Gasteiger partial charge in [-0.25, -0.2) is 9.78 Å². The Kier molecular flexibility index (Phi) is 5.69. The van der Waals surface area contributed by atoms with Crippen LogP contribution in [0, 0.1) is 0 Å². The van der Waals surface area contributed by atoms with Gasteiger partial charge in [-0.05, 0) is 18.6 Å². The molecule has 2 amide bonds. The fourth-order valence-electron chi connectivity index (χ4n) is 3.12. The molecular formula is C18H22F3N5O. The number of alkyl halides is 3. The Hall–Kier alpha value is -2.55. The summed E-state index contributed by atoms with van der Waals surface area (Å²) in [7, 11) is 0. The van der Waals surface area contributed by atoms with Crippen LogP contribution in [-0.2, 0) is 6.54 Å². The van der Waals surface area contributed by atoms with E-state index in [1.54, 1.807) is 17.4 Å². The molecule has 9 heteroatoms. The molecule has 1 atom stereocenters. The highest BCUT2D eigenvalue weighted by molar-refractivity contribution is 5.74. The van der Waals surface area contributed by atoms with Gasteiger partial charge in [0.05, 0.1) is 12.0 Å². The maximum Gasteiger partial charge on any atom is 0.403 e. The summed E-state index contributed by atoms with van der Waals surface area (Å²) < 4.78 is 40.3. The topological polar surface area (TPSA) is 53.4 Å². The number of amides is 2. The number of hydrogen-bond acceptors (Lipinski definition) is 3. The molecule has 0 spiro atoms. The van der Waals surface area contributed by atoms with E-state index in [2.05, 4.69) is 10.3 Å². The van der Waals surface area contributed by atoms with E-state index in [1.807, 2.05) is 35.0 Å². The largest absolute Gasteiger partial charge is 0.403 e. The van der Waals surface area contributed by atoms with Gasteiger partial charge in [0, 0.05) is 45.1 Å². The number of halogens is 3. The molecule has 1 unspecified atom stereocenters. The molecule has 2 heterocycles. The van der Waals surface area contributed by atoms with Gasteiger partial charge in [-0.15, -0.1) is 0 Å². The number of nitrogens with zero attached hydrogens (tertiary/aromatic N) is 4. The van der Waals surface area contributed by atoms with Crippen molar-refractivity contribution in [3.05, 3.63) is 48.5 Å².